The van der Waals surface area contributed by atoms with E-state index < -0.39 is 42.4 Å². The van der Waals surface area contributed by atoms with Crippen molar-refractivity contribution in [2.45, 2.75) is 25.2 Å². The molecule has 2 unspecified atom stereocenters. The number of rotatable bonds is 8. The first-order valence-electron chi connectivity index (χ1n) is 7.50. The number of hydrogen-bond acceptors (Lipinski definition) is 10. The lowest BCUT2D eigenvalue weighted by Gasteiger charge is -2.18. The number of aromatic nitrogens is 4. The SMILES string of the molecule is O=P(O)(O)OP(=O)(O)OP(=O)(O)OC[C@@H]1CC[C@H](n2cnc3cncnc32)O1. The predicted molar refractivity (Wildman–Crippen MR) is 88.3 cm³/mol. The van der Waals surface area contributed by atoms with Gasteiger partial charge in [-0.05, 0) is 12.8 Å². The molecule has 0 spiro atoms. The van der Waals surface area contributed by atoms with Crippen LogP contribution >= 0.6 is 23.5 Å². The first-order chi connectivity index (χ1) is 12.9. The molecule has 0 aliphatic carbocycles. The van der Waals surface area contributed by atoms with Crippen molar-refractivity contribution in [1.82, 2.24) is 19.5 Å². The largest absolute Gasteiger partial charge is 0.490 e. The standard InChI is InChI=1S/C10H15N4O11P3/c15-26(16,17)24-28(20,21)25-27(18,19)22-4-7-1-2-9(23-7)14-6-13-8-3-11-5-12-10(8)14/h3,5-7,9H,1-2,4H2,(H,18,19)(H,20,21)(H2,15,16,17)/t7-,9+/m0/s1. The minimum atomic E-state index is -5.54. The van der Waals surface area contributed by atoms with E-state index in [4.69, 9.17) is 19.4 Å². The van der Waals surface area contributed by atoms with Gasteiger partial charge in [-0.2, -0.15) is 8.62 Å². The minimum absolute atomic E-state index is 0.408. The summed E-state index contributed by atoms with van der Waals surface area (Å²) < 4.78 is 52.7. The molecular formula is C10H15N4O11P3. The third-order valence-corrected chi connectivity index (χ3v) is 7.28. The van der Waals surface area contributed by atoms with Gasteiger partial charge in [-0.3, -0.25) is 9.09 Å². The molecule has 4 atom stereocenters. The molecule has 0 bridgehead atoms. The predicted octanol–water partition coefficient (Wildman–Crippen LogP) is 0.847. The van der Waals surface area contributed by atoms with Crippen LogP contribution < -0.4 is 0 Å². The normalized spacial score (nSPS) is 24.9. The maximum atomic E-state index is 11.7. The zero-order chi connectivity index (χ0) is 20.6. The summed E-state index contributed by atoms with van der Waals surface area (Å²) in [6.07, 6.45) is 4.14. The van der Waals surface area contributed by atoms with Gasteiger partial charge in [0.05, 0.1) is 25.2 Å². The van der Waals surface area contributed by atoms with Crippen LogP contribution in [-0.2, 0) is 31.6 Å². The molecule has 18 heteroatoms. The van der Waals surface area contributed by atoms with E-state index in [2.05, 4.69) is 28.1 Å². The summed E-state index contributed by atoms with van der Waals surface area (Å²) in [6.45, 7) is -0.498. The molecule has 0 saturated carbocycles. The number of fused-ring (bicyclic) bond motifs is 1. The molecular weight excluding hydrogens is 445 g/mol. The molecule has 1 saturated heterocycles. The van der Waals surface area contributed by atoms with Crippen molar-refractivity contribution >= 4 is 34.6 Å². The number of hydrogen-bond donors (Lipinski definition) is 4. The van der Waals surface area contributed by atoms with E-state index in [0.29, 0.717) is 24.0 Å². The number of ether oxygens (including phenoxy) is 1. The fourth-order valence-corrected chi connectivity index (χ4v) is 5.54. The molecule has 3 heterocycles. The molecule has 2 aromatic heterocycles. The summed E-state index contributed by atoms with van der Waals surface area (Å²) >= 11 is 0. The highest BCUT2D eigenvalue weighted by molar-refractivity contribution is 7.66. The number of nitrogens with zero attached hydrogens (tertiary/aromatic N) is 4. The Morgan fingerprint density at radius 1 is 1.11 bits per heavy atom. The van der Waals surface area contributed by atoms with Gasteiger partial charge in [0, 0.05) is 0 Å². The Hall–Kier alpha value is -1.08. The van der Waals surface area contributed by atoms with Crippen LogP contribution in [0.2, 0.25) is 0 Å². The summed E-state index contributed by atoms with van der Waals surface area (Å²) in [7, 11) is -16.2. The third kappa shape index (κ3) is 5.72. The van der Waals surface area contributed by atoms with Crippen LogP contribution in [-0.4, -0.2) is 51.8 Å². The van der Waals surface area contributed by atoms with Crippen molar-refractivity contribution in [3.8, 4) is 0 Å². The number of imidazole rings is 1. The molecule has 28 heavy (non-hydrogen) atoms. The average Bonchev–Trinajstić information content (AvgIpc) is 3.16. The molecule has 1 aliphatic rings. The average molecular weight is 460 g/mol. The second-order valence-corrected chi connectivity index (χ2v) is 9.98. The van der Waals surface area contributed by atoms with Crippen LogP contribution in [0.1, 0.15) is 19.1 Å². The summed E-state index contributed by atoms with van der Waals surface area (Å²) in [4.78, 5) is 47.6. The van der Waals surface area contributed by atoms with E-state index in [1.807, 2.05) is 0 Å². The topological polar surface area (TPSA) is 213 Å². The lowest BCUT2D eigenvalue weighted by molar-refractivity contribution is -0.0205. The highest BCUT2D eigenvalue weighted by Gasteiger charge is 2.41. The first kappa shape index (κ1) is 21.6. The van der Waals surface area contributed by atoms with Gasteiger partial charge in [0.2, 0.25) is 0 Å². The highest BCUT2D eigenvalue weighted by atomic mass is 31.3. The lowest BCUT2D eigenvalue weighted by atomic mass is 10.2. The van der Waals surface area contributed by atoms with Crippen molar-refractivity contribution in [3.63, 3.8) is 0 Å². The molecule has 0 radical (unpaired) electrons. The van der Waals surface area contributed by atoms with Gasteiger partial charge in [-0.25, -0.2) is 28.6 Å². The summed E-state index contributed by atoms with van der Waals surface area (Å²) in [5, 5.41) is 0. The Morgan fingerprint density at radius 2 is 1.86 bits per heavy atom. The Labute approximate surface area is 156 Å². The van der Waals surface area contributed by atoms with Crippen LogP contribution in [0.15, 0.2) is 18.9 Å². The zero-order valence-electron chi connectivity index (χ0n) is 13.8. The quantitative estimate of drug-likeness (QED) is 0.402. The van der Waals surface area contributed by atoms with E-state index in [1.165, 1.54) is 18.9 Å². The Balaban J connectivity index is 1.56. The van der Waals surface area contributed by atoms with Crippen molar-refractivity contribution < 1.29 is 51.2 Å². The zero-order valence-corrected chi connectivity index (χ0v) is 16.5. The fourth-order valence-electron chi connectivity index (χ4n) is 2.49. The van der Waals surface area contributed by atoms with E-state index in [1.54, 1.807) is 4.57 Å². The molecule has 4 N–H and O–H groups in total. The van der Waals surface area contributed by atoms with Crippen LogP contribution in [0.3, 0.4) is 0 Å². The highest BCUT2D eigenvalue weighted by Crippen LogP contribution is 2.66. The van der Waals surface area contributed by atoms with E-state index in [9.17, 15) is 18.6 Å². The van der Waals surface area contributed by atoms with Gasteiger partial charge < -0.3 is 24.3 Å². The Bertz CT molecular complexity index is 992. The van der Waals surface area contributed by atoms with Crippen LogP contribution in [0.4, 0.5) is 0 Å². The summed E-state index contributed by atoms with van der Waals surface area (Å²) in [6, 6.07) is 0. The first-order valence-corrected chi connectivity index (χ1v) is 12.0. The molecule has 15 nitrogen and oxygen atoms in total. The Kier molecular flexibility index (Phi) is 6.16. The molecule has 156 valence electrons. The third-order valence-electron chi connectivity index (χ3n) is 3.47. The molecule has 1 fully saturated rings. The lowest BCUT2D eigenvalue weighted by Crippen LogP contribution is -2.16. The minimum Gasteiger partial charge on any atom is -0.352 e. The van der Waals surface area contributed by atoms with Crippen LogP contribution in [0.5, 0.6) is 0 Å². The smallest absolute Gasteiger partial charge is 0.352 e. The van der Waals surface area contributed by atoms with Crippen LogP contribution in [0.25, 0.3) is 11.2 Å². The van der Waals surface area contributed by atoms with Gasteiger partial charge in [0.25, 0.3) is 0 Å². The van der Waals surface area contributed by atoms with Crippen molar-refractivity contribution in [3.05, 3.63) is 18.9 Å². The molecule has 0 amide bonds. The van der Waals surface area contributed by atoms with E-state index >= 15 is 0 Å². The molecule has 0 aromatic carbocycles. The number of phosphoric acid groups is 3. The van der Waals surface area contributed by atoms with E-state index in [-0.39, 0.29) is 0 Å². The van der Waals surface area contributed by atoms with Gasteiger partial charge in [-0.1, -0.05) is 0 Å². The van der Waals surface area contributed by atoms with Gasteiger partial charge in [-0.15, -0.1) is 0 Å². The van der Waals surface area contributed by atoms with Gasteiger partial charge >= 0.3 is 23.5 Å². The summed E-state index contributed by atoms with van der Waals surface area (Å²) in [5.41, 5.74) is 1.09. The van der Waals surface area contributed by atoms with Crippen molar-refractivity contribution in [1.29, 1.82) is 0 Å². The maximum Gasteiger partial charge on any atom is 0.490 e. The van der Waals surface area contributed by atoms with Crippen LogP contribution in [0, 0.1) is 0 Å². The summed E-state index contributed by atoms with van der Waals surface area (Å²) in [5.74, 6) is 0. The van der Waals surface area contributed by atoms with E-state index in [0.717, 1.165) is 0 Å². The maximum absolute atomic E-state index is 11.7. The van der Waals surface area contributed by atoms with Gasteiger partial charge in [0.15, 0.2) is 5.65 Å². The van der Waals surface area contributed by atoms with Crippen molar-refractivity contribution in [2.75, 3.05) is 6.61 Å². The number of phosphoric ester groups is 1. The second-order valence-electron chi connectivity index (χ2n) is 5.56. The molecule has 1 aliphatic heterocycles. The van der Waals surface area contributed by atoms with Crippen molar-refractivity contribution in [2.24, 2.45) is 0 Å². The second kappa shape index (κ2) is 7.98. The fraction of sp³-hybridized carbons (Fsp3) is 0.500. The Morgan fingerprint density at radius 3 is 2.57 bits per heavy atom. The molecule has 3 rings (SSSR count). The monoisotopic (exact) mass is 460 g/mol. The van der Waals surface area contributed by atoms with Gasteiger partial charge in [0.1, 0.15) is 18.1 Å². The molecule has 2 aromatic rings.